The Morgan fingerprint density at radius 2 is 1.48 bits per heavy atom. The van der Waals surface area contributed by atoms with Crippen molar-refractivity contribution in [3.8, 4) is 0 Å². The number of benzene rings is 3. The molecule has 6 nitrogen and oxygen atoms in total. The summed E-state index contributed by atoms with van der Waals surface area (Å²) in [6.07, 6.45) is -4.56. The minimum atomic E-state index is -4.56. The number of nitrogens with zero attached hydrogens (tertiary/aromatic N) is 2. The minimum Gasteiger partial charge on any atom is -0.337 e. The van der Waals surface area contributed by atoms with Gasteiger partial charge in [0.05, 0.1) is 21.6 Å². The lowest BCUT2D eigenvalue weighted by molar-refractivity contribution is -0.137. The Bertz CT molecular complexity index is 1460. The summed E-state index contributed by atoms with van der Waals surface area (Å²) in [5.74, 6) is -0.336. The second-order valence-corrected chi connectivity index (χ2v) is 9.29. The van der Waals surface area contributed by atoms with Gasteiger partial charge < -0.3 is 5.32 Å². The van der Waals surface area contributed by atoms with E-state index in [9.17, 15) is 21.6 Å². The van der Waals surface area contributed by atoms with Crippen LogP contribution in [0.5, 0.6) is 0 Å². The van der Waals surface area contributed by atoms with Gasteiger partial charge in [-0.25, -0.2) is 18.4 Å². The molecule has 2 N–H and O–H groups in total. The fraction of sp³-hybridized carbons (Fsp3) is 0.0476. The number of aromatic nitrogens is 2. The van der Waals surface area contributed by atoms with E-state index in [4.69, 9.17) is 23.2 Å². The van der Waals surface area contributed by atoms with Gasteiger partial charge in [0.25, 0.3) is 10.0 Å². The van der Waals surface area contributed by atoms with Crippen molar-refractivity contribution in [3.05, 3.63) is 82.3 Å². The summed E-state index contributed by atoms with van der Waals surface area (Å²) < 4.78 is 67.6. The maximum absolute atomic E-state index is 13.1. The van der Waals surface area contributed by atoms with E-state index in [0.29, 0.717) is 11.0 Å². The van der Waals surface area contributed by atoms with Crippen molar-refractivity contribution < 1.29 is 21.6 Å². The summed E-state index contributed by atoms with van der Waals surface area (Å²) in [4.78, 5) is 8.34. The van der Waals surface area contributed by atoms with Crippen molar-refractivity contribution in [2.45, 2.75) is 11.1 Å². The quantitative estimate of drug-likeness (QED) is 0.318. The van der Waals surface area contributed by atoms with Gasteiger partial charge in [-0.2, -0.15) is 13.2 Å². The highest BCUT2D eigenvalue weighted by molar-refractivity contribution is 7.92. The number of fused-ring (bicyclic) bond motifs is 1. The molecule has 12 heteroatoms. The van der Waals surface area contributed by atoms with Crippen LogP contribution in [0.25, 0.3) is 11.0 Å². The standard InChI is InChI=1S/C21H13Cl2F3N4O2S/c22-13-8-9-15(23)18(11-13)33(31,32)30-20-19(28-16-6-1-2-7-17(16)29-20)27-14-5-3-4-12(10-14)21(24,25)26/h1-11H,(H,27,28)(H,29,30). The highest BCUT2D eigenvalue weighted by atomic mass is 35.5. The zero-order valence-corrected chi connectivity index (χ0v) is 18.7. The van der Waals surface area contributed by atoms with Crippen LogP contribution < -0.4 is 10.0 Å². The number of alkyl halides is 3. The Morgan fingerprint density at radius 1 is 0.818 bits per heavy atom. The lowest BCUT2D eigenvalue weighted by atomic mass is 10.2. The highest BCUT2D eigenvalue weighted by Gasteiger charge is 2.30. The molecule has 0 spiro atoms. The van der Waals surface area contributed by atoms with Crippen LogP contribution in [0.1, 0.15) is 5.56 Å². The second-order valence-electron chi connectivity index (χ2n) is 6.79. The van der Waals surface area contributed by atoms with Crippen molar-refractivity contribution in [2.24, 2.45) is 0 Å². The molecule has 0 saturated carbocycles. The van der Waals surface area contributed by atoms with Crippen LogP contribution in [0.3, 0.4) is 0 Å². The summed E-state index contributed by atoms with van der Waals surface area (Å²) in [7, 11) is -4.27. The lowest BCUT2D eigenvalue weighted by Crippen LogP contribution is -2.16. The Hall–Kier alpha value is -3.08. The zero-order chi connectivity index (χ0) is 23.8. The summed E-state index contributed by atoms with van der Waals surface area (Å²) in [5, 5.41) is 2.79. The molecule has 1 aromatic heterocycles. The molecular formula is C21H13Cl2F3N4O2S. The van der Waals surface area contributed by atoms with Gasteiger partial charge in [-0.05, 0) is 48.5 Å². The van der Waals surface area contributed by atoms with Gasteiger partial charge in [-0.15, -0.1) is 0 Å². The molecule has 0 aliphatic heterocycles. The van der Waals surface area contributed by atoms with Crippen molar-refractivity contribution in [1.82, 2.24) is 9.97 Å². The normalized spacial score (nSPS) is 12.0. The number of halogens is 5. The number of anilines is 3. The van der Waals surface area contributed by atoms with E-state index in [0.717, 1.165) is 12.1 Å². The molecule has 0 unspecified atom stereocenters. The van der Waals surface area contributed by atoms with Gasteiger partial charge in [0.15, 0.2) is 11.6 Å². The van der Waals surface area contributed by atoms with Gasteiger partial charge >= 0.3 is 6.18 Å². The number of rotatable bonds is 5. The van der Waals surface area contributed by atoms with Crippen LogP contribution in [-0.4, -0.2) is 18.4 Å². The van der Waals surface area contributed by atoms with Crippen molar-refractivity contribution >= 4 is 61.6 Å². The Labute approximate surface area is 196 Å². The Balaban J connectivity index is 1.80. The summed E-state index contributed by atoms with van der Waals surface area (Å²) in [5.41, 5.74) is -0.0811. The minimum absolute atomic E-state index is 0.0376. The predicted octanol–water partition coefficient (Wildman–Crippen LogP) is 6.50. The highest BCUT2D eigenvalue weighted by Crippen LogP contribution is 2.33. The van der Waals surface area contributed by atoms with Crippen LogP contribution in [-0.2, 0) is 16.2 Å². The number of para-hydroxylation sites is 2. The molecule has 0 aliphatic carbocycles. The first-order valence-corrected chi connectivity index (χ1v) is 11.5. The predicted molar refractivity (Wildman–Crippen MR) is 122 cm³/mol. The van der Waals surface area contributed by atoms with Gasteiger partial charge in [0, 0.05) is 10.7 Å². The molecule has 1 heterocycles. The molecule has 4 rings (SSSR count). The third kappa shape index (κ3) is 5.13. The molecule has 0 radical (unpaired) electrons. The van der Waals surface area contributed by atoms with E-state index < -0.39 is 21.8 Å². The zero-order valence-electron chi connectivity index (χ0n) is 16.4. The Kier molecular flexibility index (Phi) is 6.08. The second kappa shape index (κ2) is 8.69. The van der Waals surface area contributed by atoms with E-state index in [-0.39, 0.29) is 32.3 Å². The summed E-state index contributed by atoms with van der Waals surface area (Å²) >= 11 is 11.9. The van der Waals surface area contributed by atoms with E-state index in [1.54, 1.807) is 24.3 Å². The number of hydrogen-bond donors (Lipinski definition) is 2. The molecule has 170 valence electrons. The molecule has 0 bridgehead atoms. The van der Waals surface area contributed by atoms with E-state index in [1.807, 2.05) is 0 Å². The fourth-order valence-electron chi connectivity index (χ4n) is 2.93. The first kappa shape index (κ1) is 23.1. The van der Waals surface area contributed by atoms with Gasteiger partial charge in [0.1, 0.15) is 4.90 Å². The maximum Gasteiger partial charge on any atom is 0.416 e. The average Bonchev–Trinajstić information content (AvgIpc) is 2.75. The first-order valence-electron chi connectivity index (χ1n) is 9.22. The van der Waals surface area contributed by atoms with Gasteiger partial charge in [-0.1, -0.05) is 41.4 Å². The summed E-state index contributed by atoms with van der Waals surface area (Å²) in [6, 6.07) is 14.9. The Morgan fingerprint density at radius 3 is 2.15 bits per heavy atom. The van der Waals surface area contributed by atoms with Crippen LogP contribution in [0, 0.1) is 0 Å². The third-order valence-electron chi connectivity index (χ3n) is 4.44. The fourth-order valence-corrected chi connectivity index (χ4v) is 4.71. The third-order valence-corrected chi connectivity index (χ3v) is 6.49. The number of hydrogen-bond acceptors (Lipinski definition) is 5. The monoisotopic (exact) mass is 512 g/mol. The lowest BCUT2D eigenvalue weighted by Gasteiger charge is -2.15. The maximum atomic E-state index is 13.1. The van der Waals surface area contributed by atoms with E-state index in [2.05, 4.69) is 20.0 Å². The molecule has 4 aromatic rings. The van der Waals surface area contributed by atoms with E-state index >= 15 is 0 Å². The summed E-state index contributed by atoms with van der Waals surface area (Å²) in [6.45, 7) is 0. The topological polar surface area (TPSA) is 84.0 Å². The van der Waals surface area contributed by atoms with Crippen molar-refractivity contribution in [1.29, 1.82) is 0 Å². The number of nitrogens with one attached hydrogen (secondary N) is 2. The van der Waals surface area contributed by atoms with Gasteiger partial charge in [-0.3, -0.25) is 4.72 Å². The molecule has 0 amide bonds. The van der Waals surface area contributed by atoms with Crippen LogP contribution in [0.2, 0.25) is 10.0 Å². The van der Waals surface area contributed by atoms with Crippen LogP contribution >= 0.6 is 23.2 Å². The van der Waals surface area contributed by atoms with Gasteiger partial charge in [0.2, 0.25) is 0 Å². The first-order chi connectivity index (χ1) is 15.5. The molecule has 0 saturated heterocycles. The SMILES string of the molecule is O=S(=O)(Nc1nc2ccccc2nc1Nc1cccc(C(F)(F)F)c1)c1cc(Cl)ccc1Cl. The largest absolute Gasteiger partial charge is 0.416 e. The molecule has 33 heavy (non-hydrogen) atoms. The molecule has 0 atom stereocenters. The van der Waals surface area contributed by atoms with Crippen molar-refractivity contribution in [2.75, 3.05) is 10.0 Å². The number of sulfonamides is 1. The molecule has 0 fully saturated rings. The van der Waals surface area contributed by atoms with Crippen molar-refractivity contribution in [3.63, 3.8) is 0 Å². The van der Waals surface area contributed by atoms with E-state index in [1.165, 1.54) is 30.3 Å². The average molecular weight is 513 g/mol. The molecule has 3 aromatic carbocycles. The molecular weight excluding hydrogens is 500 g/mol. The van der Waals surface area contributed by atoms with Crippen LogP contribution in [0.15, 0.2) is 71.6 Å². The smallest absolute Gasteiger partial charge is 0.337 e. The molecule has 0 aliphatic rings. The van der Waals surface area contributed by atoms with Crippen LogP contribution in [0.4, 0.5) is 30.5 Å².